The van der Waals surface area contributed by atoms with Gasteiger partial charge in [-0.25, -0.2) is 4.98 Å². The Hall–Kier alpha value is -3.85. The van der Waals surface area contributed by atoms with Crippen LogP contribution in [0.5, 0.6) is 5.75 Å². The Bertz CT molecular complexity index is 1220. The maximum atomic E-state index is 10.4. The number of nitriles is 1. The number of phenolic OH excluding ortho intramolecular Hbond substituents is 1. The second-order valence-corrected chi connectivity index (χ2v) is 6.94. The normalized spacial score (nSPS) is 12.9. The topological polar surface area (TPSA) is 86.2 Å². The van der Waals surface area contributed by atoms with E-state index in [1.165, 1.54) is 17.2 Å². The summed E-state index contributed by atoms with van der Waals surface area (Å²) >= 11 is 0. The molecular weight excluding hydrogens is 352 g/mol. The van der Waals surface area contributed by atoms with Crippen LogP contribution in [0.4, 0.5) is 6.01 Å². The van der Waals surface area contributed by atoms with Crippen LogP contribution in [0.2, 0.25) is 0 Å². The monoisotopic (exact) mass is 368 g/mol. The number of aromatic hydroxyl groups is 1. The summed E-state index contributed by atoms with van der Waals surface area (Å²) in [5.41, 5.74) is 6.02. The standard InChI is InChI=1S/C22H16N4O2/c1-13-8-14(10-23)9-18(27)20(13)17-6-7-19-21(24-17)25-22(28-19)26-11-15-4-2-3-5-16(15)12-26/h2-9,27H,11-12H2,1H3. The Labute approximate surface area is 161 Å². The summed E-state index contributed by atoms with van der Waals surface area (Å²) in [5, 5.41) is 19.4. The quantitative estimate of drug-likeness (QED) is 0.568. The first-order chi connectivity index (χ1) is 13.6. The number of phenols is 1. The smallest absolute Gasteiger partial charge is 0.300 e. The summed E-state index contributed by atoms with van der Waals surface area (Å²) in [6.45, 7) is 3.36. The van der Waals surface area contributed by atoms with Crippen molar-refractivity contribution in [2.75, 3.05) is 4.90 Å². The Kier molecular flexibility index (Phi) is 3.56. The van der Waals surface area contributed by atoms with Crippen LogP contribution in [0.15, 0.2) is 52.9 Å². The fraction of sp³-hybridized carbons (Fsp3) is 0.136. The van der Waals surface area contributed by atoms with Gasteiger partial charge >= 0.3 is 6.01 Å². The Balaban J connectivity index is 1.53. The number of fused-ring (bicyclic) bond motifs is 2. The number of nitrogens with zero attached hydrogens (tertiary/aromatic N) is 4. The second-order valence-electron chi connectivity index (χ2n) is 6.94. The molecule has 0 radical (unpaired) electrons. The van der Waals surface area contributed by atoms with Gasteiger partial charge in [-0.3, -0.25) is 0 Å². The molecule has 0 fully saturated rings. The van der Waals surface area contributed by atoms with Crippen molar-refractivity contribution in [2.45, 2.75) is 20.0 Å². The van der Waals surface area contributed by atoms with E-state index in [0.717, 1.165) is 18.7 Å². The highest BCUT2D eigenvalue weighted by Crippen LogP contribution is 2.35. The van der Waals surface area contributed by atoms with Crippen LogP contribution >= 0.6 is 0 Å². The number of hydrogen-bond donors (Lipinski definition) is 1. The molecule has 2 aromatic heterocycles. The predicted octanol–water partition coefficient (Wildman–Crippen LogP) is 4.30. The van der Waals surface area contributed by atoms with E-state index >= 15 is 0 Å². The van der Waals surface area contributed by atoms with E-state index in [-0.39, 0.29) is 5.75 Å². The minimum atomic E-state index is 0.0297. The summed E-state index contributed by atoms with van der Waals surface area (Å²) in [7, 11) is 0. The molecule has 0 atom stereocenters. The number of benzene rings is 2. The lowest BCUT2D eigenvalue weighted by atomic mass is 10.0. The molecule has 5 rings (SSSR count). The van der Waals surface area contributed by atoms with Gasteiger partial charge in [0.15, 0.2) is 5.58 Å². The summed E-state index contributed by atoms with van der Waals surface area (Å²) in [6, 6.07) is 17.7. The molecule has 28 heavy (non-hydrogen) atoms. The van der Waals surface area contributed by atoms with Crippen LogP contribution < -0.4 is 4.90 Å². The van der Waals surface area contributed by atoms with E-state index in [1.54, 1.807) is 12.1 Å². The van der Waals surface area contributed by atoms with Gasteiger partial charge in [-0.05, 0) is 47.9 Å². The molecule has 0 saturated carbocycles. The lowest BCUT2D eigenvalue weighted by Crippen LogP contribution is -2.14. The molecule has 4 aromatic rings. The van der Waals surface area contributed by atoms with Crippen molar-refractivity contribution in [3.63, 3.8) is 0 Å². The summed E-state index contributed by atoms with van der Waals surface area (Å²) in [6.07, 6.45) is 0. The van der Waals surface area contributed by atoms with E-state index in [4.69, 9.17) is 9.68 Å². The molecule has 1 aliphatic rings. The molecule has 6 heteroatoms. The van der Waals surface area contributed by atoms with E-state index < -0.39 is 0 Å². The molecule has 1 N–H and O–H groups in total. The maximum absolute atomic E-state index is 10.4. The zero-order valence-corrected chi connectivity index (χ0v) is 15.2. The second kappa shape index (κ2) is 6.10. The lowest BCUT2D eigenvalue weighted by molar-refractivity contribution is 0.476. The highest BCUT2D eigenvalue weighted by Gasteiger charge is 2.23. The number of aromatic nitrogens is 2. The van der Waals surface area contributed by atoms with Gasteiger partial charge < -0.3 is 14.4 Å². The predicted molar refractivity (Wildman–Crippen MR) is 105 cm³/mol. The highest BCUT2D eigenvalue weighted by molar-refractivity contribution is 5.79. The van der Waals surface area contributed by atoms with Crippen LogP contribution in [0.1, 0.15) is 22.3 Å². The summed E-state index contributed by atoms with van der Waals surface area (Å²) in [4.78, 5) is 11.2. The van der Waals surface area contributed by atoms with E-state index in [2.05, 4.69) is 27.0 Å². The molecule has 0 saturated heterocycles. The molecule has 3 heterocycles. The van der Waals surface area contributed by atoms with Crippen molar-refractivity contribution < 1.29 is 9.52 Å². The van der Waals surface area contributed by atoms with Gasteiger partial charge in [0.25, 0.3) is 0 Å². The number of oxazole rings is 1. The van der Waals surface area contributed by atoms with Crippen molar-refractivity contribution in [3.05, 3.63) is 70.8 Å². The largest absolute Gasteiger partial charge is 0.507 e. The average molecular weight is 368 g/mol. The molecule has 136 valence electrons. The number of pyridine rings is 1. The molecular formula is C22H16N4O2. The van der Waals surface area contributed by atoms with E-state index in [0.29, 0.717) is 34.1 Å². The fourth-order valence-electron chi connectivity index (χ4n) is 3.72. The number of rotatable bonds is 2. The van der Waals surface area contributed by atoms with Gasteiger partial charge in [-0.1, -0.05) is 24.3 Å². The van der Waals surface area contributed by atoms with E-state index in [1.807, 2.05) is 31.2 Å². The molecule has 2 aromatic carbocycles. The first kappa shape index (κ1) is 16.3. The van der Waals surface area contributed by atoms with Gasteiger partial charge in [0.2, 0.25) is 5.65 Å². The Morgan fingerprint density at radius 2 is 1.82 bits per heavy atom. The minimum Gasteiger partial charge on any atom is -0.507 e. The van der Waals surface area contributed by atoms with Gasteiger partial charge in [0.05, 0.1) is 17.3 Å². The van der Waals surface area contributed by atoms with Crippen molar-refractivity contribution in [1.82, 2.24) is 9.97 Å². The molecule has 0 amide bonds. The number of aryl methyl sites for hydroxylation is 1. The van der Waals surface area contributed by atoms with Crippen molar-refractivity contribution >= 4 is 17.2 Å². The van der Waals surface area contributed by atoms with Gasteiger partial charge in [0.1, 0.15) is 5.75 Å². The fourth-order valence-corrected chi connectivity index (χ4v) is 3.72. The van der Waals surface area contributed by atoms with Crippen LogP contribution in [0.25, 0.3) is 22.5 Å². The van der Waals surface area contributed by atoms with Crippen LogP contribution in [0.3, 0.4) is 0 Å². The van der Waals surface area contributed by atoms with Crippen molar-refractivity contribution in [3.8, 4) is 23.1 Å². The number of anilines is 1. The van der Waals surface area contributed by atoms with Crippen LogP contribution in [-0.4, -0.2) is 15.1 Å². The minimum absolute atomic E-state index is 0.0297. The molecule has 0 bridgehead atoms. The lowest BCUT2D eigenvalue weighted by Gasteiger charge is -2.10. The van der Waals surface area contributed by atoms with E-state index in [9.17, 15) is 5.11 Å². The Morgan fingerprint density at radius 3 is 2.50 bits per heavy atom. The summed E-state index contributed by atoms with van der Waals surface area (Å²) < 4.78 is 5.92. The summed E-state index contributed by atoms with van der Waals surface area (Å²) in [5.74, 6) is 0.0297. The third kappa shape index (κ3) is 2.57. The molecule has 0 unspecified atom stereocenters. The zero-order valence-electron chi connectivity index (χ0n) is 15.2. The molecule has 0 spiro atoms. The van der Waals surface area contributed by atoms with Gasteiger partial charge in [-0.2, -0.15) is 10.2 Å². The molecule has 6 nitrogen and oxygen atoms in total. The van der Waals surface area contributed by atoms with Gasteiger partial charge in [-0.15, -0.1) is 0 Å². The van der Waals surface area contributed by atoms with Crippen LogP contribution in [-0.2, 0) is 13.1 Å². The SMILES string of the molecule is Cc1cc(C#N)cc(O)c1-c1ccc2oc(N3Cc4ccccc4C3)nc2n1. The third-order valence-corrected chi connectivity index (χ3v) is 5.05. The zero-order chi connectivity index (χ0) is 19.3. The van der Waals surface area contributed by atoms with Crippen molar-refractivity contribution in [1.29, 1.82) is 5.26 Å². The van der Waals surface area contributed by atoms with Gasteiger partial charge in [0, 0.05) is 18.7 Å². The number of hydrogen-bond acceptors (Lipinski definition) is 6. The van der Waals surface area contributed by atoms with Crippen molar-refractivity contribution in [2.24, 2.45) is 0 Å². The molecule has 0 aliphatic carbocycles. The average Bonchev–Trinajstić information content (AvgIpc) is 3.30. The maximum Gasteiger partial charge on any atom is 0.300 e. The first-order valence-electron chi connectivity index (χ1n) is 8.96. The highest BCUT2D eigenvalue weighted by atomic mass is 16.4. The third-order valence-electron chi connectivity index (χ3n) is 5.05. The first-order valence-corrected chi connectivity index (χ1v) is 8.96. The van der Waals surface area contributed by atoms with Crippen LogP contribution in [0, 0.1) is 18.3 Å². The Morgan fingerprint density at radius 1 is 1.07 bits per heavy atom. The molecule has 1 aliphatic heterocycles.